The first-order valence-electron chi connectivity index (χ1n) is 14.3. The van der Waals surface area contributed by atoms with Gasteiger partial charge in [-0.3, -0.25) is 19.2 Å². The summed E-state index contributed by atoms with van der Waals surface area (Å²) in [7, 11) is 0. The second-order valence-electron chi connectivity index (χ2n) is 10.7. The van der Waals surface area contributed by atoms with Crippen LogP contribution in [-0.2, 0) is 22.4 Å². The summed E-state index contributed by atoms with van der Waals surface area (Å²) in [6, 6.07) is 13.4. The van der Waals surface area contributed by atoms with Crippen molar-refractivity contribution in [2.45, 2.75) is 64.2 Å². The molecule has 0 bridgehead atoms. The van der Waals surface area contributed by atoms with E-state index < -0.39 is 11.9 Å². The normalized spacial score (nSPS) is 15.0. The van der Waals surface area contributed by atoms with Gasteiger partial charge in [0.05, 0.1) is 23.6 Å². The number of primary amides is 1. The summed E-state index contributed by atoms with van der Waals surface area (Å²) in [6.07, 6.45) is 12.5. The highest BCUT2D eigenvalue weighted by Gasteiger charge is 2.16. The van der Waals surface area contributed by atoms with Crippen molar-refractivity contribution < 1.29 is 23.5 Å². The largest absolute Gasteiger partial charge is 0.481 e. The van der Waals surface area contributed by atoms with E-state index >= 15 is 0 Å². The lowest BCUT2D eigenvalue weighted by molar-refractivity contribution is -0.136. The van der Waals surface area contributed by atoms with E-state index in [-0.39, 0.29) is 23.7 Å². The topological polar surface area (TPSA) is 141 Å². The van der Waals surface area contributed by atoms with Crippen molar-refractivity contribution in [3.63, 3.8) is 0 Å². The maximum Gasteiger partial charge on any atom is 0.307 e. The fourth-order valence-corrected chi connectivity index (χ4v) is 5.54. The van der Waals surface area contributed by atoms with E-state index in [2.05, 4.69) is 12.2 Å². The molecule has 0 unspecified atom stereocenters. The highest BCUT2D eigenvalue weighted by atomic mass is 16.4. The molecule has 0 saturated heterocycles. The molecule has 4 aromatic rings. The van der Waals surface area contributed by atoms with Gasteiger partial charge in [-0.05, 0) is 74.6 Å². The van der Waals surface area contributed by atoms with Gasteiger partial charge in [-0.25, -0.2) is 0 Å². The summed E-state index contributed by atoms with van der Waals surface area (Å²) in [5.41, 5.74) is 9.26. The zero-order valence-electron chi connectivity index (χ0n) is 23.3. The van der Waals surface area contributed by atoms with E-state index in [9.17, 15) is 19.2 Å². The average Bonchev–Trinajstić information content (AvgIpc) is 2.98. The second-order valence-corrected chi connectivity index (χ2v) is 10.7. The Labute approximate surface area is 242 Å². The minimum Gasteiger partial charge on any atom is -0.481 e. The van der Waals surface area contributed by atoms with Crippen LogP contribution in [-0.4, -0.2) is 17.0 Å². The molecule has 8 heteroatoms. The lowest BCUT2D eigenvalue weighted by Crippen LogP contribution is -2.14. The van der Waals surface area contributed by atoms with Crippen molar-refractivity contribution in [2.75, 3.05) is 0 Å². The van der Waals surface area contributed by atoms with Crippen LogP contribution >= 0.6 is 0 Å². The van der Waals surface area contributed by atoms with Crippen LogP contribution in [0.15, 0.2) is 79.1 Å². The predicted molar refractivity (Wildman–Crippen MR) is 162 cm³/mol. The molecule has 0 atom stereocenters. The van der Waals surface area contributed by atoms with E-state index in [0.717, 1.165) is 56.1 Å². The minimum absolute atomic E-state index is 0.0722. The Morgan fingerprint density at radius 2 is 1.19 bits per heavy atom. The van der Waals surface area contributed by atoms with E-state index in [0.29, 0.717) is 44.6 Å². The quantitative estimate of drug-likeness (QED) is 0.284. The van der Waals surface area contributed by atoms with E-state index in [1.807, 2.05) is 0 Å². The Morgan fingerprint density at radius 1 is 0.714 bits per heavy atom. The number of nitrogens with two attached hydrogens (primary N) is 1. The maximum atomic E-state index is 12.3. The van der Waals surface area contributed by atoms with Crippen LogP contribution in [0.25, 0.3) is 33.1 Å². The number of carboxylic acid groups (broad SMARTS) is 1. The van der Waals surface area contributed by atoms with Gasteiger partial charge in [0.25, 0.3) is 0 Å². The SMILES string of the molecule is NC(=O)Cc1cccc2c(=O)cc(C3=CCCCC3)oc12.O=C(O)Cc1cccc2c(=O)cc(C3=CCCCC3)oc12. The van der Waals surface area contributed by atoms with Crippen LogP contribution in [0.2, 0.25) is 0 Å². The first-order chi connectivity index (χ1) is 20.3. The third-order valence-electron chi connectivity index (χ3n) is 7.59. The predicted octanol–water partition coefficient (Wildman–Crippen LogP) is 6.16. The molecule has 0 spiro atoms. The van der Waals surface area contributed by atoms with E-state index in [4.69, 9.17) is 19.7 Å². The van der Waals surface area contributed by atoms with Crippen LogP contribution in [0.1, 0.15) is 74.0 Å². The molecule has 42 heavy (non-hydrogen) atoms. The molecule has 0 aliphatic heterocycles. The number of rotatable bonds is 6. The van der Waals surface area contributed by atoms with Crippen LogP contribution in [0, 0.1) is 0 Å². The van der Waals surface area contributed by atoms with Crippen molar-refractivity contribution in [3.05, 3.63) is 104 Å². The Morgan fingerprint density at radius 3 is 1.60 bits per heavy atom. The van der Waals surface area contributed by atoms with Crippen LogP contribution < -0.4 is 16.6 Å². The Kier molecular flexibility index (Phi) is 8.81. The van der Waals surface area contributed by atoms with Crippen molar-refractivity contribution in [3.8, 4) is 0 Å². The summed E-state index contributed by atoms with van der Waals surface area (Å²) in [4.78, 5) is 46.7. The Hall–Kier alpha value is -4.72. The van der Waals surface area contributed by atoms with Crippen molar-refractivity contribution in [1.29, 1.82) is 0 Å². The fraction of sp³-hybridized carbons (Fsp3) is 0.294. The molecule has 0 saturated carbocycles. The van der Waals surface area contributed by atoms with E-state index in [1.165, 1.54) is 12.5 Å². The molecule has 1 amide bonds. The molecule has 0 radical (unpaired) electrons. The Balaban J connectivity index is 0.000000168. The fourth-order valence-electron chi connectivity index (χ4n) is 5.54. The van der Waals surface area contributed by atoms with Crippen molar-refractivity contribution in [1.82, 2.24) is 0 Å². The molecule has 6 rings (SSSR count). The number of para-hydroxylation sites is 2. The standard InChI is InChI=1S/C17H17NO3.C17H16O4/c18-16(20)9-12-7-4-8-13-14(19)10-15(21-17(12)13)11-5-2-1-3-6-11;18-14-10-15(11-5-2-1-3-6-11)21-17-12(9-16(19)20)7-4-8-13(14)17/h4-5,7-8,10H,1-3,6,9H2,(H2,18,20);4-5,7-8,10H,1-3,6,9H2,(H,19,20). The molecule has 0 fully saturated rings. The maximum absolute atomic E-state index is 12.3. The lowest BCUT2D eigenvalue weighted by Gasteiger charge is -2.13. The third-order valence-corrected chi connectivity index (χ3v) is 7.59. The number of allylic oxidation sites excluding steroid dienone is 4. The first-order valence-corrected chi connectivity index (χ1v) is 14.3. The van der Waals surface area contributed by atoms with Gasteiger partial charge < -0.3 is 19.7 Å². The number of aliphatic carboxylic acids is 1. The molecule has 2 aliphatic rings. The van der Waals surface area contributed by atoms with Gasteiger partial charge in [-0.15, -0.1) is 0 Å². The minimum atomic E-state index is -0.938. The van der Waals surface area contributed by atoms with Gasteiger partial charge in [0.15, 0.2) is 10.9 Å². The van der Waals surface area contributed by atoms with Crippen molar-refractivity contribution >= 4 is 45.0 Å². The number of hydrogen-bond donors (Lipinski definition) is 2. The zero-order chi connectivity index (χ0) is 29.6. The molecular weight excluding hydrogens is 534 g/mol. The van der Waals surface area contributed by atoms with Gasteiger partial charge >= 0.3 is 5.97 Å². The molecule has 216 valence electrons. The molecule has 2 aliphatic carbocycles. The summed E-state index contributed by atoms with van der Waals surface area (Å²) < 4.78 is 11.8. The van der Waals surface area contributed by atoms with Gasteiger partial charge in [-0.1, -0.05) is 36.4 Å². The number of amides is 1. The summed E-state index contributed by atoms with van der Waals surface area (Å²) in [5.74, 6) is -0.186. The molecule has 2 heterocycles. The highest BCUT2D eigenvalue weighted by Crippen LogP contribution is 2.30. The number of carbonyl (C=O) groups is 2. The number of carbonyl (C=O) groups excluding carboxylic acids is 1. The Bertz CT molecular complexity index is 1710. The smallest absolute Gasteiger partial charge is 0.307 e. The van der Waals surface area contributed by atoms with Gasteiger partial charge in [0, 0.05) is 23.3 Å². The van der Waals surface area contributed by atoms with Gasteiger partial charge in [0.1, 0.15) is 22.7 Å². The molecule has 8 nitrogen and oxygen atoms in total. The number of benzene rings is 2. The summed E-state index contributed by atoms with van der Waals surface area (Å²) in [6.45, 7) is 0. The van der Waals surface area contributed by atoms with Crippen LogP contribution in [0.4, 0.5) is 0 Å². The van der Waals surface area contributed by atoms with Crippen LogP contribution in [0.3, 0.4) is 0 Å². The molecule has 2 aromatic heterocycles. The highest BCUT2D eigenvalue weighted by molar-refractivity contribution is 5.87. The van der Waals surface area contributed by atoms with E-state index in [1.54, 1.807) is 42.5 Å². The first kappa shape index (κ1) is 28.8. The molecule has 3 N–H and O–H groups in total. The summed E-state index contributed by atoms with van der Waals surface area (Å²) in [5, 5.41) is 9.92. The van der Waals surface area contributed by atoms with Crippen LogP contribution in [0.5, 0.6) is 0 Å². The monoisotopic (exact) mass is 567 g/mol. The second kappa shape index (κ2) is 12.9. The third kappa shape index (κ3) is 6.60. The lowest BCUT2D eigenvalue weighted by atomic mass is 9.97. The van der Waals surface area contributed by atoms with Gasteiger partial charge in [0.2, 0.25) is 5.91 Å². The molecule has 2 aromatic carbocycles. The van der Waals surface area contributed by atoms with Crippen molar-refractivity contribution in [2.24, 2.45) is 5.73 Å². The zero-order valence-corrected chi connectivity index (χ0v) is 23.3. The number of fused-ring (bicyclic) bond motifs is 2. The average molecular weight is 568 g/mol. The number of hydrogen-bond acceptors (Lipinski definition) is 6. The molecular formula is C34H33NO7. The number of carboxylic acids is 1. The summed E-state index contributed by atoms with van der Waals surface area (Å²) >= 11 is 0. The van der Waals surface area contributed by atoms with Gasteiger partial charge in [-0.2, -0.15) is 0 Å².